The third-order valence-electron chi connectivity index (χ3n) is 8.87. The Labute approximate surface area is 354 Å². The van der Waals surface area contributed by atoms with E-state index in [1.807, 2.05) is 54.7 Å². The van der Waals surface area contributed by atoms with Crippen molar-refractivity contribution in [2.45, 2.75) is 175 Å². The molecule has 1 unspecified atom stereocenters. The summed E-state index contributed by atoms with van der Waals surface area (Å²) in [7, 11) is 0. The number of allylic oxidation sites excluding steroid dienone is 19. The molecule has 0 aliphatic carbocycles. The highest BCUT2D eigenvalue weighted by Crippen LogP contribution is 2.11. The predicted molar refractivity (Wildman–Crippen MR) is 246 cm³/mol. The van der Waals surface area contributed by atoms with Crippen molar-refractivity contribution in [2.24, 2.45) is 0 Å². The topological polar surface area (TPSA) is 78.9 Å². The summed E-state index contributed by atoms with van der Waals surface area (Å²) >= 11 is 0. The van der Waals surface area contributed by atoms with Crippen molar-refractivity contribution in [2.75, 3.05) is 13.2 Å². The van der Waals surface area contributed by atoms with E-state index in [0.29, 0.717) is 12.8 Å². The molecule has 0 aromatic rings. The van der Waals surface area contributed by atoms with Crippen LogP contribution in [0.4, 0.5) is 0 Å². The van der Waals surface area contributed by atoms with Crippen molar-refractivity contribution >= 4 is 17.9 Å². The van der Waals surface area contributed by atoms with Gasteiger partial charge < -0.3 is 14.2 Å². The zero-order valence-electron chi connectivity index (χ0n) is 36.8. The van der Waals surface area contributed by atoms with E-state index in [-0.39, 0.29) is 38.0 Å². The highest BCUT2D eigenvalue weighted by molar-refractivity contribution is 5.72. The number of hydrogen-bond donors (Lipinski definition) is 0. The monoisotopic (exact) mass is 801 g/mol. The van der Waals surface area contributed by atoms with Crippen molar-refractivity contribution in [3.05, 3.63) is 122 Å². The molecular weight excluding hydrogens is 721 g/mol. The maximum atomic E-state index is 12.7. The SMILES string of the molecule is CC\C=C/C=C\C=C/C=C\C=C/CCCCCC(=O)OC(COC(=O)C/C=C\C/C=C\C/C=C\CC)COC(=O)CCCCC/C=C\C=C/CCCCCCCCC. The van der Waals surface area contributed by atoms with Crippen LogP contribution in [0, 0.1) is 0 Å². The van der Waals surface area contributed by atoms with E-state index in [2.05, 4.69) is 81.5 Å². The molecule has 324 valence electrons. The fourth-order valence-corrected chi connectivity index (χ4v) is 5.51. The molecule has 1 atom stereocenters. The van der Waals surface area contributed by atoms with Crippen molar-refractivity contribution in [1.29, 1.82) is 0 Å². The van der Waals surface area contributed by atoms with Crippen LogP contribution in [0.3, 0.4) is 0 Å². The van der Waals surface area contributed by atoms with Gasteiger partial charge in [0.1, 0.15) is 13.2 Å². The largest absolute Gasteiger partial charge is 0.462 e. The normalized spacial score (nSPS) is 13.2. The molecule has 0 fully saturated rings. The molecule has 58 heavy (non-hydrogen) atoms. The first kappa shape index (κ1) is 53.8. The third-order valence-corrected chi connectivity index (χ3v) is 8.87. The molecule has 0 aliphatic rings. The minimum absolute atomic E-state index is 0.115. The van der Waals surface area contributed by atoms with Crippen LogP contribution in [0.15, 0.2) is 122 Å². The molecule has 0 spiro atoms. The van der Waals surface area contributed by atoms with E-state index < -0.39 is 12.1 Å². The third kappa shape index (κ3) is 42.9. The molecule has 6 heteroatoms. The van der Waals surface area contributed by atoms with E-state index in [9.17, 15) is 14.4 Å². The molecule has 0 N–H and O–H groups in total. The fraction of sp³-hybridized carbons (Fsp3) is 0.558. The molecule has 6 nitrogen and oxygen atoms in total. The maximum absolute atomic E-state index is 12.7. The van der Waals surface area contributed by atoms with Crippen LogP contribution in [0.1, 0.15) is 168 Å². The smallest absolute Gasteiger partial charge is 0.309 e. The first-order valence-electron chi connectivity index (χ1n) is 22.6. The van der Waals surface area contributed by atoms with Crippen LogP contribution in [0.25, 0.3) is 0 Å². The zero-order valence-corrected chi connectivity index (χ0v) is 36.8. The molecule has 0 radical (unpaired) electrons. The Hall–Kier alpha value is -4.19. The van der Waals surface area contributed by atoms with Gasteiger partial charge in [0.05, 0.1) is 6.42 Å². The summed E-state index contributed by atoms with van der Waals surface area (Å²) in [5.41, 5.74) is 0. The lowest BCUT2D eigenvalue weighted by atomic mass is 10.1. The Morgan fingerprint density at radius 1 is 0.397 bits per heavy atom. The van der Waals surface area contributed by atoms with Crippen LogP contribution in [-0.2, 0) is 28.6 Å². The lowest BCUT2D eigenvalue weighted by Crippen LogP contribution is -2.30. The number of carbonyl (C=O) groups excluding carboxylic acids is 3. The molecule has 0 amide bonds. The van der Waals surface area contributed by atoms with Crippen LogP contribution in [0.2, 0.25) is 0 Å². The Morgan fingerprint density at radius 3 is 1.36 bits per heavy atom. The zero-order chi connectivity index (χ0) is 42.3. The number of unbranched alkanes of at least 4 members (excludes halogenated alkanes) is 13. The summed E-state index contributed by atoms with van der Waals surface area (Å²) in [4.78, 5) is 37.6. The lowest BCUT2D eigenvalue weighted by molar-refractivity contribution is -0.166. The first-order chi connectivity index (χ1) is 28.5. The van der Waals surface area contributed by atoms with Crippen molar-refractivity contribution < 1.29 is 28.6 Å². The molecule has 0 heterocycles. The quantitative estimate of drug-likeness (QED) is 0.0203. The standard InChI is InChI=1S/C52H80O6/c1-4-7-10-13-16-19-21-23-25-27-28-30-33-36-39-42-45-51(54)57-48-49(47-56-50(53)44-41-38-35-32-18-15-12-9-6-3)58-52(55)46-43-40-37-34-31-29-26-24-22-20-17-14-11-8-5-2/h8-9,11-12,14,17-18,20,22,24-32,38,41,49H,4-7,10,13,15-16,19,21,23,33-37,39-40,42-48H2,1-3H3/b11-8-,12-9-,17-14-,22-20-,26-24-,27-25-,30-28-,31-29-,32-18-,41-38-. The van der Waals surface area contributed by atoms with Gasteiger partial charge in [0.25, 0.3) is 0 Å². The number of esters is 3. The minimum Gasteiger partial charge on any atom is -0.462 e. The summed E-state index contributed by atoms with van der Waals surface area (Å²) < 4.78 is 16.5. The van der Waals surface area contributed by atoms with Crippen molar-refractivity contribution in [1.82, 2.24) is 0 Å². The molecule has 0 bridgehead atoms. The average Bonchev–Trinajstić information content (AvgIpc) is 3.22. The number of rotatable bonds is 38. The van der Waals surface area contributed by atoms with Gasteiger partial charge in [-0.2, -0.15) is 0 Å². The number of carbonyl (C=O) groups is 3. The van der Waals surface area contributed by atoms with E-state index >= 15 is 0 Å². The summed E-state index contributed by atoms with van der Waals surface area (Å²) in [5.74, 6) is -1.15. The van der Waals surface area contributed by atoms with Gasteiger partial charge in [0, 0.05) is 12.8 Å². The number of hydrogen-bond acceptors (Lipinski definition) is 6. The van der Waals surface area contributed by atoms with Crippen LogP contribution in [0.5, 0.6) is 0 Å². The second-order valence-corrected chi connectivity index (χ2v) is 14.4. The number of ether oxygens (including phenoxy) is 3. The second kappa shape index (κ2) is 45.5. The second-order valence-electron chi connectivity index (χ2n) is 14.4. The van der Waals surface area contributed by atoms with Crippen LogP contribution >= 0.6 is 0 Å². The maximum Gasteiger partial charge on any atom is 0.309 e. The molecule has 0 saturated heterocycles. The van der Waals surface area contributed by atoms with Crippen molar-refractivity contribution in [3.63, 3.8) is 0 Å². The van der Waals surface area contributed by atoms with Gasteiger partial charge >= 0.3 is 17.9 Å². The van der Waals surface area contributed by atoms with Gasteiger partial charge in [-0.05, 0) is 77.0 Å². The molecule has 0 aromatic carbocycles. The highest BCUT2D eigenvalue weighted by Gasteiger charge is 2.19. The van der Waals surface area contributed by atoms with Crippen LogP contribution in [-0.4, -0.2) is 37.2 Å². The summed E-state index contributed by atoms with van der Waals surface area (Å²) in [6, 6.07) is 0. The van der Waals surface area contributed by atoms with E-state index in [1.54, 1.807) is 6.08 Å². The molecular formula is C52H80O6. The van der Waals surface area contributed by atoms with Gasteiger partial charge in [0.15, 0.2) is 6.10 Å². The average molecular weight is 801 g/mol. The highest BCUT2D eigenvalue weighted by atomic mass is 16.6. The summed E-state index contributed by atoms with van der Waals surface area (Å²) in [6.45, 7) is 6.17. The van der Waals surface area contributed by atoms with E-state index in [1.165, 1.54) is 44.9 Å². The lowest BCUT2D eigenvalue weighted by Gasteiger charge is -2.18. The Balaban J connectivity index is 4.58. The Bertz CT molecular complexity index is 1290. The van der Waals surface area contributed by atoms with Gasteiger partial charge in [-0.25, -0.2) is 0 Å². The molecule has 0 aromatic heterocycles. The van der Waals surface area contributed by atoms with Gasteiger partial charge in [0.2, 0.25) is 0 Å². The summed E-state index contributed by atoms with van der Waals surface area (Å²) in [6.07, 6.45) is 62.2. The summed E-state index contributed by atoms with van der Waals surface area (Å²) in [5, 5.41) is 0. The van der Waals surface area contributed by atoms with E-state index in [4.69, 9.17) is 14.2 Å². The Morgan fingerprint density at radius 2 is 0.810 bits per heavy atom. The fourth-order valence-electron chi connectivity index (χ4n) is 5.51. The molecule has 0 rings (SSSR count). The first-order valence-corrected chi connectivity index (χ1v) is 22.6. The van der Waals surface area contributed by atoms with Crippen molar-refractivity contribution in [3.8, 4) is 0 Å². The van der Waals surface area contributed by atoms with E-state index in [0.717, 1.165) is 77.0 Å². The van der Waals surface area contributed by atoms with Crippen LogP contribution < -0.4 is 0 Å². The predicted octanol–water partition coefficient (Wildman–Crippen LogP) is 14.6. The molecule has 0 saturated carbocycles. The Kier molecular flexibility index (Phi) is 42.2. The van der Waals surface area contributed by atoms with Gasteiger partial charge in [-0.15, -0.1) is 0 Å². The molecule has 0 aliphatic heterocycles. The van der Waals surface area contributed by atoms with Gasteiger partial charge in [-0.1, -0.05) is 194 Å². The van der Waals surface area contributed by atoms with Gasteiger partial charge in [-0.3, -0.25) is 14.4 Å². The minimum atomic E-state index is -0.848.